The van der Waals surface area contributed by atoms with E-state index in [9.17, 15) is 8.78 Å². The fraction of sp³-hybridized carbons (Fsp3) is 0.0769. The second kappa shape index (κ2) is 10.1. The number of halogens is 3. The predicted octanol–water partition coefficient (Wildman–Crippen LogP) is 3.12. The molecule has 4 aromatic carbocycles. The smallest absolute Gasteiger partial charge is 0.263 e. The van der Waals surface area contributed by atoms with Gasteiger partial charge >= 0.3 is 0 Å². The van der Waals surface area contributed by atoms with Crippen LogP contribution in [0.5, 0.6) is 0 Å². The van der Waals surface area contributed by atoms with Gasteiger partial charge in [-0.15, -0.1) is 0 Å². The van der Waals surface area contributed by atoms with Gasteiger partial charge in [0.15, 0.2) is 0 Å². The van der Waals surface area contributed by atoms with E-state index in [1.54, 1.807) is 12.1 Å². The Hall–Kier alpha value is -2.35. The van der Waals surface area contributed by atoms with Crippen molar-refractivity contribution >= 4 is 23.2 Å². The molecule has 0 N–H and O–H groups in total. The molecule has 0 heterocycles. The average molecular weight is 483 g/mol. The first kappa shape index (κ1) is 22.3. The Kier molecular flexibility index (Phi) is 7.53. The highest BCUT2D eigenvalue weighted by Gasteiger charge is 2.45. The maximum atomic E-state index is 13.4. The van der Waals surface area contributed by atoms with Crippen LogP contribution >= 0.6 is 7.26 Å². The first-order valence-electron chi connectivity index (χ1n) is 9.62. The van der Waals surface area contributed by atoms with Crippen molar-refractivity contribution < 1.29 is 25.8 Å². The van der Waals surface area contributed by atoms with E-state index in [1.165, 1.54) is 22.0 Å². The van der Waals surface area contributed by atoms with E-state index >= 15 is 0 Å². The number of rotatable bonds is 6. The third-order valence-corrected chi connectivity index (χ3v) is 9.59. The molecule has 30 heavy (non-hydrogen) atoms. The molecule has 0 amide bonds. The summed E-state index contributed by atoms with van der Waals surface area (Å²) in [5.41, 5.74) is 1.02. The fourth-order valence-corrected chi connectivity index (χ4v) is 8.10. The maximum absolute atomic E-state index is 13.4. The minimum absolute atomic E-state index is 0. The second-order valence-corrected chi connectivity index (χ2v) is 10.5. The van der Waals surface area contributed by atoms with Gasteiger partial charge in [0, 0.05) is 5.56 Å². The quantitative estimate of drug-likeness (QED) is 0.370. The van der Waals surface area contributed by atoms with Gasteiger partial charge in [0.25, 0.3) is 6.43 Å². The summed E-state index contributed by atoms with van der Waals surface area (Å²) >= 11 is 0. The number of alkyl halides is 2. The Bertz CT molecular complexity index is 957. The Morgan fingerprint density at radius 2 is 1.00 bits per heavy atom. The molecule has 0 aliphatic carbocycles. The fourth-order valence-electron chi connectivity index (χ4n) is 3.87. The standard InChI is InChI=1S/C26H22F2P.BrH/c27-26(28)22-12-10-11-21(19-22)20-29(23-13-4-1-5-14-23,24-15-6-2-7-16-24)25-17-8-3-9-18-25;/h1-19,26H,20H2;1H/q+1;/p-1. The summed E-state index contributed by atoms with van der Waals surface area (Å²) in [6.45, 7) is 0. The minimum atomic E-state index is -2.46. The van der Waals surface area contributed by atoms with Crippen LogP contribution < -0.4 is 32.9 Å². The van der Waals surface area contributed by atoms with Gasteiger partial charge in [0.1, 0.15) is 23.2 Å². The monoisotopic (exact) mass is 482 g/mol. The molecule has 0 bridgehead atoms. The third kappa shape index (κ3) is 4.53. The van der Waals surface area contributed by atoms with Crippen molar-refractivity contribution in [1.29, 1.82) is 0 Å². The lowest BCUT2D eigenvalue weighted by Gasteiger charge is -2.28. The van der Waals surface area contributed by atoms with E-state index in [4.69, 9.17) is 0 Å². The largest absolute Gasteiger partial charge is 1.00 e. The highest BCUT2D eigenvalue weighted by Crippen LogP contribution is 2.58. The molecule has 0 nitrogen and oxygen atoms in total. The van der Waals surface area contributed by atoms with Gasteiger partial charge in [-0.2, -0.15) is 0 Å². The minimum Gasteiger partial charge on any atom is -1.00 e. The van der Waals surface area contributed by atoms with Gasteiger partial charge < -0.3 is 17.0 Å². The van der Waals surface area contributed by atoms with Gasteiger partial charge in [-0.3, -0.25) is 0 Å². The summed E-state index contributed by atoms with van der Waals surface area (Å²) in [7, 11) is -2.07. The number of hydrogen-bond donors (Lipinski definition) is 0. The van der Waals surface area contributed by atoms with Crippen LogP contribution in [0.25, 0.3) is 0 Å². The van der Waals surface area contributed by atoms with Crippen LogP contribution in [0, 0.1) is 0 Å². The van der Waals surface area contributed by atoms with Crippen molar-refractivity contribution in [1.82, 2.24) is 0 Å². The molecule has 4 aromatic rings. The Morgan fingerprint density at radius 3 is 1.40 bits per heavy atom. The van der Waals surface area contributed by atoms with Crippen LogP contribution in [0.3, 0.4) is 0 Å². The first-order valence-corrected chi connectivity index (χ1v) is 11.6. The molecule has 0 fully saturated rings. The molecule has 0 aromatic heterocycles. The molecule has 4 heteroatoms. The molecule has 0 radical (unpaired) electrons. The Balaban J connectivity index is 0.00000256. The van der Waals surface area contributed by atoms with Crippen molar-refractivity contribution in [3.8, 4) is 0 Å². The van der Waals surface area contributed by atoms with Crippen LogP contribution in [-0.2, 0) is 6.16 Å². The lowest BCUT2D eigenvalue weighted by atomic mass is 10.1. The molecular formula is C26H22BrF2P. The molecular weight excluding hydrogens is 461 g/mol. The summed E-state index contributed by atoms with van der Waals surface area (Å²) in [6.07, 6.45) is -1.76. The van der Waals surface area contributed by atoms with Gasteiger partial charge in [0.05, 0.1) is 6.16 Å². The van der Waals surface area contributed by atoms with Gasteiger partial charge in [0.2, 0.25) is 0 Å². The topological polar surface area (TPSA) is 0 Å². The second-order valence-electron chi connectivity index (χ2n) is 7.02. The van der Waals surface area contributed by atoms with Crippen LogP contribution in [0.1, 0.15) is 17.6 Å². The van der Waals surface area contributed by atoms with Crippen molar-refractivity contribution in [3.63, 3.8) is 0 Å². The van der Waals surface area contributed by atoms with Crippen LogP contribution in [0.4, 0.5) is 8.78 Å². The molecule has 0 unspecified atom stereocenters. The zero-order valence-electron chi connectivity index (χ0n) is 16.3. The van der Waals surface area contributed by atoms with Crippen LogP contribution in [0.15, 0.2) is 115 Å². The highest BCUT2D eigenvalue weighted by atomic mass is 79.9. The summed E-state index contributed by atoms with van der Waals surface area (Å²) in [4.78, 5) is 0. The molecule has 0 saturated carbocycles. The van der Waals surface area contributed by atoms with Crippen LogP contribution in [0.2, 0.25) is 0 Å². The van der Waals surface area contributed by atoms with Gasteiger partial charge in [-0.25, -0.2) is 8.78 Å². The molecule has 0 saturated heterocycles. The third-order valence-electron chi connectivity index (χ3n) is 5.21. The van der Waals surface area contributed by atoms with Crippen LogP contribution in [-0.4, -0.2) is 0 Å². The summed E-state index contributed by atoms with van der Waals surface area (Å²) in [5.74, 6) is 0. The zero-order chi connectivity index (χ0) is 20.1. The predicted molar refractivity (Wildman–Crippen MR) is 120 cm³/mol. The van der Waals surface area contributed by atoms with E-state index in [0.717, 1.165) is 5.56 Å². The zero-order valence-corrected chi connectivity index (χ0v) is 18.8. The van der Waals surface area contributed by atoms with E-state index in [0.29, 0.717) is 6.16 Å². The van der Waals surface area contributed by atoms with Crippen molar-refractivity contribution in [2.24, 2.45) is 0 Å². The highest BCUT2D eigenvalue weighted by molar-refractivity contribution is 7.95. The lowest BCUT2D eigenvalue weighted by Crippen LogP contribution is -3.00. The SMILES string of the molecule is FC(F)c1cccc(C[P+](c2ccccc2)(c2ccccc2)c2ccccc2)c1.[Br-]. The summed E-state index contributed by atoms with van der Waals surface area (Å²) in [5, 5.41) is 3.75. The van der Waals surface area contributed by atoms with Crippen molar-refractivity contribution in [3.05, 3.63) is 126 Å². The molecule has 152 valence electrons. The van der Waals surface area contributed by atoms with Crippen molar-refractivity contribution in [2.45, 2.75) is 12.6 Å². The van der Waals surface area contributed by atoms with Gasteiger partial charge in [-0.05, 0) is 48.0 Å². The Labute approximate surface area is 187 Å². The number of hydrogen-bond acceptors (Lipinski definition) is 0. The van der Waals surface area contributed by atoms with E-state index < -0.39 is 13.7 Å². The number of benzene rings is 4. The first-order chi connectivity index (χ1) is 14.2. The summed E-state index contributed by atoms with van der Waals surface area (Å²) in [6, 6.07) is 38.3. The van der Waals surface area contributed by atoms with Crippen molar-refractivity contribution in [2.75, 3.05) is 0 Å². The lowest BCUT2D eigenvalue weighted by molar-refractivity contribution is -0.00000892. The maximum Gasteiger partial charge on any atom is 0.263 e. The van der Waals surface area contributed by atoms with Gasteiger partial charge in [-0.1, -0.05) is 72.8 Å². The van der Waals surface area contributed by atoms with E-state index in [-0.39, 0.29) is 22.5 Å². The molecule has 0 aliphatic rings. The molecule has 0 atom stereocenters. The Morgan fingerprint density at radius 1 is 0.567 bits per heavy atom. The van der Waals surface area contributed by atoms with E-state index in [1.807, 2.05) is 24.3 Å². The summed E-state index contributed by atoms with van der Waals surface area (Å²) < 4.78 is 26.7. The molecule has 4 rings (SSSR count). The normalized spacial score (nSPS) is 11.2. The molecule has 0 spiro atoms. The molecule has 0 aliphatic heterocycles. The van der Waals surface area contributed by atoms with E-state index in [2.05, 4.69) is 72.8 Å². The average Bonchev–Trinajstić information content (AvgIpc) is 2.79.